The van der Waals surface area contributed by atoms with Crippen molar-refractivity contribution < 1.29 is 9.90 Å². The van der Waals surface area contributed by atoms with Crippen molar-refractivity contribution in [3.8, 4) is 0 Å². The summed E-state index contributed by atoms with van der Waals surface area (Å²) in [5.41, 5.74) is 0.673. The summed E-state index contributed by atoms with van der Waals surface area (Å²) >= 11 is 1.22. The lowest BCUT2D eigenvalue weighted by molar-refractivity contribution is 0.0700. The van der Waals surface area contributed by atoms with Gasteiger partial charge in [-0.2, -0.15) is 0 Å². The number of aromatic nitrogens is 3. The molecule has 0 fully saturated rings. The molecule has 0 atom stereocenters. The van der Waals surface area contributed by atoms with Crippen LogP contribution in [0.3, 0.4) is 0 Å². The molecule has 0 amide bonds. The molecule has 20 heavy (non-hydrogen) atoms. The molecule has 0 spiro atoms. The van der Waals surface area contributed by atoms with Crippen molar-refractivity contribution in [1.29, 1.82) is 0 Å². The minimum Gasteiger partial charge on any atom is -0.477 e. The molecular weight excluding hydrogens is 276 g/mol. The number of imidazole rings is 1. The number of aromatic carboxylic acids is 1. The number of thiazole rings is 1. The molecule has 0 radical (unpaired) electrons. The molecule has 7 heteroatoms. The highest BCUT2D eigenvalue weighted by molar-refractivity contribution is 7.17. The van der Waals surface area contributed by atoms with Crippen LogP contribution in [0.4, 0.5) is 5.13 Å². The smallest absolute Gasteiger partial charge is 0.347 e. The topological polar surface area (TPSA) is 71.2 Å². The standard InChI is InChI=1S/C13H18N4O2S/c1-4-5-9-11(12(18)19)20-13(15-9)17(3)8-10-14-6-7-16(10)2/h6-7H,4-5,8H2,1-3H3,(H,18,19). The quantitative estimate of drug-likeness (QED) is 0.884. The molecule has 0 aliphatic carbocycles. The fourth-order valence-corrected chi connectivity index (χ4v) is 2.82. The first-order valence-electron chi connectivity index (χ1n) is 6.43. The van der Waals surface area contributed by atoms with Crippen molar-refractivity contribution in [1.82, 2.24) is 14.5 Å². The zero-order valence-corrected chi connectivity index (χ0v) is 12.6. The van der Waals surface area contributed by atoms with E-state index in [1.807, 2.05) is 36.7 Å². The highest BCUT2D eigenvalue weighted by Gasteiger charge is 2.19. The third kappa shape index (κ3) is 2.98. The molecule has 2 heterocycles. The van der Waals surface area contributed by atoms with Gasteiger partial charge in [-0.1, -0.05) is 24.7 Å². The van der Waals surface area contributed by atoms with Gasteiger partial charge in [-0.25, -0.2) is 14.8 Å². The highest BCUT2D eigenvalue weighted by atomic mass is 32.1. The fourth-order valence-electron chi connectivity index (χ4n) is 1.90. The number of anilines is 1. The molecule has 0 unspecified atom stereocenters. The molecule has 2 rings (SSSR count). The maximum Gasteiger partial charge on any atom is 0.347 e. The van der Waals surface area contributed by atoms with Gasteiger partial charge in [-0.15, -0.1) is 0 Å². The Morgan fingerprint density at radius 1 is 1.55 bits per heavy atom. The molecule has 108 valence electrons. The first kappa shape index (κ1) is 14.5. The van der Waals surface area contributed by atoms with E-state index in [0.29, 0.717) is 28.7 Å². The second-order valence-corrected chi connectivity index (χ2v) is 5.62. The minimum absolute atomic E-state index is 0.341. The van der Waals surface area contributed by atoms with Gasteiger partial charge in [0, 0.05) is 26.5 Å². The van der Waals surface area contributed by atoms with E-state index < -0.39 is 5.97 Å². The number of rotatable bonds is 6. The first-order chi connectivity index (χ1) is 9.52. The van der Waals surface area contributed by atoms with Gasteiger partial charge >= 0.3 is 5.97 Å². The van der Waals surface area contributed by atoms with Gasteiger partial charge in [-0.3, -0.25) is 0 Å². The van der Waals surface area contributed by atoms with Gasteiger partial charge in [0.2, 0.25) is 0 Å². The molecule has 1 N–H and O–H groups in total. The summed E-state index contributed by atoms with van der Waals surface area (Å²) in [6.45, 7) is 2.61. The zero-order chi connectivity index (χ0) is 14.7. The maximum absolute atomic E-state index is 11.2. The van der Waals surface area contributed by atoms with Crippen LogP contribution < -0.4 is 4.90 Å². The Morgan fingerprint density at radius 2 is 2.30 bits per heavy atom. The van der Waals surface area contributed by atoms with Gasteiger partial charge in [0.25, 0.3) is 0 Å². The maximum atomic E-state index is 11.2. The molecule has 6 nitrogen and oxygen atoms in total. The van der Waals surface area contributed by atoms with Crippen LogP contribution in [0, 0.1) is 0 Å². The van der Waals surface area contributed by atoms with E-state index in [9.17, 15) is 9.90 Å². The SMILES string of the molecule is CCCc1nc(N(C)Cc2nccn2C)sc1C(=O)O. The Kier molecular flexibility index (Phi) is 4.39. The number of carboxylic acid groups (broad SMARTS) is 1. The molecule has 0 aliphatic rings. The molecule has 0 saturated carbocycles. The summed E-state index contributed by atoms with van der Waals surface area (Å²) in [4.78, 5) is 22.2. The first-order valence-corrected chi connectivity index (χ1v) is 7.25. The lowest BCUT2D eigenvalue weighted by Gasteiger charge is -2.15. The van der Waals surface area contributed by atoms with Crippen LogP contribution in [0.2, 0.25) is 0 Å². The van der Waals surface area contributed by atoms with E-state index >= 15 is 0 Å². The molecule has 0 saturated heterocycles. The number of nitrogens with zero attached hydrogens (tertiary/aromatic N) is 4. The summed E-state index contributed by atoms with van der Waals surface area (Å²) in [6, 6.07) is 0. The second kappa shape index (κ2) is 6.04. The van der Waals surface area contributed by atoms with E-state index in [1.54, 1.807) is 6.20 Å². The Morgan fingerprint density at radius 3 is 2.85 bits per heavy atom. The summed E-state index contributed by atoms with van der Waals surface area (Å²) < 4.78 is 1.94. The van der Waals surface area contributed by atoms with Crippen LogP contribution in [0.5, 0.6) is 0 Å². The zero-order valence-electron chi connectivity index (χ0n) is 11.8. The number of hydrogen-bond donors (Lipinski definition) is 1. The van der Waals surface area contributed by atoms with Crippen molar-refractivity contribution in [2.75, 3.05) is 11.9 Å². The average molecular weight is 294 g/mol. The summed E-state index contributed by atoms with van der Waals surface area (Å²) in [7, 11) is 3.83. The average Bonchev–Trinajstić information content (AvgIpc) is 2.97. The van der Waals surface area contributed by atoms with Crippen molar-refractivity contribution in [2.45, 2.75) is 26.3 Å². The van der Waals surface area contributed by atoms with Crippen LogP contribution in [-0.4, -0.2) is 32.7 Å². The second-order valence-electron chi connectivity index (χ2n) is 4.64. The summed E-state index contributed by atoms with van der Waals surface area (Å²) in [6.07, 6.45) is 5.20. The number of aryl methyl sites for hydroxylation is 2. The van der Waals surface area contributed by atoms with Gasteiger partial charge in [0.1, 0.15) is 10.7 Å². The minimum atomic E-state index is -0.900. The molecular formula is C13H18N4O2S. The number of hydrogen-bond acceptors (Lipinski definition) is 5. The Hall–Kier alpha value is -1.89. The number of carboxylic acids is 1. The normalized spacial score (nSPS) is 10.8. The Labute approximate surface area is 121 Å². The predicted octanol–water partition coefficient (Wildman–Crippen LogP) is 2.16. The lowest BCUT2D eigenvalue weighted by atomic mass is 10.2. The summed E-state index contributed by atoms with van der Waals surface area (Å²) in [5, 5.41) is 9.94. The van der Waals surface area contributed by atoms with Crippen molar-refractivity contribution in [2.24, 2.45) is 7.05 Å². The fraction of sp³-hybridized carbons (Fsp3) is 0.462. The van der Waals surface area contributed by atoms with Gasteiger partial charge in [0.15, 0.2) is 5.13 Å². The number of carbonyl (C=O) groups is 1. The lowest BCUT2D eigenvalue weighted by Crippen LogP contribution is -2.18. The van der Waals surface area contributed by atoms with Crippen LogP contribution in [-0.2, 0) is 20.0 Å². The van der Waals surface area contributed by atoms with Crippen LogP contribution in [0.15, 0.2) is 12.4 Å². The largest absolute Gasteiger partial charge is 0.477 e. The highest BCUT2D eigenvalue weighted by Crippen LogP contribution is 2.27. The Bertz CT molecular complexity index is 605. The van der Waals surface area contributed by atoms with Crippen molar-refractivity contribution in [3.05, 3.63) is 28.8 Å². The van der Waals surface area contributed by atoms with E-state index in [2.05, 4.69) is 9.97 Å². The monoisotopic (exact) mass is 294 g/mol. The van der Waals surface area contributed by atoms with Gasteiger partial charge in [-0.05, 0) is 6.42 Å². The van der Waals surface area contributed by atoms with Gasteiger partial charge in [0.05, 0.1) is 12.2 Å². The third-order valence-corrected chi connectivity index (χ3v) is 4.19. The Balaban J connectivity index is 2.21. The van der Waals surface area contributed by atoms with E-state index in [1.165, 1.54) is 11.3 Å². The molecule has 0 aromatic carbocycles. The molecule has 0 bridgehead atoms. The third-order valence-electron chi connectivity index (χ3n) is 2.99. The van der Waals surface area contributed by atoms with E-state index in [0.717, 1.165) is 12.2 Å². The van der Waals surface area contributed by atoms with E-state index in [-0.39, 0.29) is 0 Å². The summed E-state index contributed by atoms with van der Waals surface area (Å²) in [5.74, 6) is 0.0132. The molecule has 0 aliphatic heterocycles. The van der Waals surface area contributed by atoms with E-state index in [4.69, 9.17) is 0 Å². The van der Waals surface area contributed by atoms with Gasteiger partial charge < -0.3 is 14.6 Å². The van der Waals surface area contributed by atoms with Crippen LogP contribution in [0.1, 0.15) is 34.5 Å². The molecule has 2 aromatic rings. The van der Waals surface area contributed by atoms with Crippen LogP contribution >= 0.6 is 11.3 Å². The van der Waals surface area contributed by atoms with Crippen LogP contribution in [0.25, 0.3) is 0 Å². The molecule has 2 aromatic heterocycles. The van der Waals surface area contributed by atoms with Crippen molar-refractivity contribution in [3.63, 3.8) is 0 Å². The predicted molar refractivity (Wildman–Crippen MR) is 78.4 cm³/mol. The van der Waals surface area contributed by atoms with Crippen molar-refractivity contribution >= 4 is 22.4 Å².